The van der Waals surface area contributed by atoms with Gasteiger partial charge in [-0.2, -0.15) is 0 Å². The smallest absolute Gasteiger partial charge is 0.228 e. The molecule has 0 saturated heterocycles. The van der Waals surface area contributed by atoms with Crippen molar-refractivity contribution in [1.82, 2.24) is 0 Å². The van der Waals surface area contributed by atoms with Gasteiger partial charge < -0.3 is 9.15 Å². The number of carbonyl (C=O) groups is 1. The van der Waals surface area contributed by atoms with Crippen molar-refractivity contribution < 1.29 is 13.9 Å². The number of fused-ring (bicyclic) bond motifs is 1. The van der Waals surface area contributed by atoms with Gasteiger partial charge in [0.2, 0.25) is 5.78 Å². The zero-order valence-corrected chi connectivity index (χ0v) is 12.2. The number of benzene rings is 2. The SMILES string of the molecule is CCOc1cccc2cc(C(=O)c3ccc(Cl)cc3)oc12. The Labute approximate surface area is 127 Å². The second-order valence-corrected chi connectivity index (χ2v) is 4.99. The number of ether oxygens (including phenoxy) is 1. The van der Waals surface area contributed by atoms with Crippen LogP contribution >= 0.6 is 11.6 Å². The number of halogens is 1. The quantitative estimate of drug-likeness (QED) is 0.655. The molecular weight excluding hydrogens is 288 g/mol. The number of ketones is 1. The molecule has 3 nitrogen and oxygen atoms in total. The Kier molecular flexibility index (Phi) is 3.67. The van der Waals surface area contributed by atoms with Gasteiger partial charge in [-0.1, -0.05) is 23.7 Å². The second-order valence-electron chi connectivity index (χ2n) is 4.55. The van der Waals surface area contributed by atoms with Gasteiger partial charge in [0.05, 0.1) is 6.61 Å². The summed E-state index contributed by atoms with van der Waals surface area (Å²) in [7, 11) is 0. The molecule has 0 atom stereocenters. The maximum absolute atomic E-state index is 12.4. The van der Waals surface area contributed by atoms with Crippen LogP contribution in [0.1, 0.15) is 23.0 Å². The highest BCUT2D eigenvalue weighted by Gasteiger charge is 2.16. The average Bonchev–Trinajstić information content (AvgIpc) is 2.93. The van der Waals surface area contributed by atoms with Gasteiger partial charge in [0.1, 0.15) is 0 Å². The molecule has 3 rings (SSSR count). The molecule has 0 spiro atoms. The van der Waals surface area contributed by atoms with Crippen LogP contribution in [0.25, 0.3) is 11.0 Å². The first kappa shape index (κ1) is 13.7. The summed E-state index contributed by atoms with van der Waals surface area (Å²) in [5.41, 5.74) is 1.13. The molecule has 1 aromatic heterocycles. The summed E-state index contributed by atoms with van der Waals surface area (Å²) in [6, 6.07) is 14.1. The summed E-state index contributed by atoms with van der Waals surface area (Å²) in [5, 5.41) is 1.44. The minimum absolute atomic E-state index is 0.176. The molecule has 106 valence electrons. The first-order chi connectivity index (χ1) is 10.2. The molecule has 21 heavy (non-hydrogen) atoms. The van der Waals surface area contributed by atoms with E-state index in [4.69, 9.17) is 20.8 Å². The monoisotopic (exact) mass is 300 g/mol. The maximum atomic E-state index is 12.4. The Balaban J connectivity index is 2.02. The van der Waals surface area contributed by atoms with Crippen LogP contribution in [-0.4, -0.2) is 12.4 Å². The van der Waals surface area contributed by atoms with Gasteiger partial charge in [-0.15, -0.1) is 0 Å². The van der Waals surface area contributed by atoms with Crippen molar-refractivity contribution in [2.45, 2.75) is 6.92 Å². The van der Waals surface area contributed by atoms with E-state index in [1.165, 1.54) is 0 Å². The predicted octanol–water partition coefficient (Wildman–Crippen LogP) is 4.72. The van der Waals surface area contributed by atoms with Crippen molar-refractivity contribution in [2.24, 2.45) is 0 Å². The lowest BCUT2D eigenvalue weighted by Gasteiger charge is -2.02. The minimum atomic E-state index is -0.176. The van der Waals surface area contributed by atoms with E-state index >= 15 is 0 Å². The lowest BCUT2D eigenvalue weighted by Crippen LogP contribution is -1.98. The van der Waals surface area contributed by atoms with Crippen molar-refractivity contribution in [1.29, 1.82) is 0 Å². The average molecular weight is 301 g/mol. The fraction of sp³-hybridized carbons (Fsp3) is 0.118. The van der Waals surface area contributed by atoms with Gasteiger partial charge in [-0.25, -0.2) is 0 Å². The molecule has 4 heteroatoms. The van der Waals surface area contributed by atoms with E-state index in [-0.39, 0.29) is 5.78 Å². The van der Waals surface area contributed by atoms with Crippen LogP contribution in [0, 0.1) is 0 Å². The number of hydrogen-bond acceptors (Lipinski definition) is 3. The fourth-order valence-electron chi connectivity index (χ4n) is 2.16. The molecule has 0 aliphatic heterocycles. The Morgan fingerprint density at radius 2 is 1.95 bits per heavy atom. The number of hydrogen-bond donors (Lipinski definition) is 0. The highest BCUT2D eigenvalue weighted by molar-refractivity contribution is 6.30. The van der Waals surface area contributed by atoms with Crippen molar-refractivity contribution in [2.75, 3.05) is 6.61 Å². The van der Waals surface area contributed by atoms with E-state index in [2.05, 4.69) is 0 Å². The van der Waals surface area contributed by atoms with E-state index in [9.17, 15) is 4.79 Å². The molecule has 0 aliphatic carbocycles. The molecule has 0 N–H and O–H groups in total. The molecule has 3 aromatic rings. The van der Waals surface area contributed by atoms with Crippen molar-refractivity contribution in [3.63, 3.8) is 0 Å². The van der Waals surface area contributed by atoms with Crippen LogP contribution in [0.2, 0.25) is 5.02 Å². The van der Waals surface area contributed by atoms with Gasteiger partial charge in [0, 0.05) is 16.0 Å². The molecule has 0 bridgehead atoms. The predicted molar refractivity (Wildman–Crippen MR) is 82.3 cm³/mol. The lowest BCUT2D eigenvalue weighted by atomic mass is 10.1. The first-order valence-electron chi connectivity index (χ1n) is 6.64. The second kappa shape index (κ2) is 5.62. The molecule has 0 amide bonds. The van der Waals surface area contributed by atoms with Gasteiger partial charge >= 0.3 is 0 Å². The van der Waals surface area contributed by atoms with E-state index in [0.717, 1.165) is 5.39 Å². The molecule has 0 unspecified atom stereocenters. The Morgan fingerprint density at radius 1 is 1.19 bits per heavy atom. The van der Waals surface area contributed by atoms with E-state index in [1.807, 2.05) is 25.1 Å². The molecule has 0 fully saturated rings. The third-order valence-corrected chi connectivity index (χ3v) is 3.39. The maximum Gasteiger partial charge on any atom is 0.228 e. The van der Waals surface area contributed by atoms with Gasteiger partial charge in [-0.3, -0.25) is 4.79 Å². The highest BCUT2D eigenvalue weighted by Crippen LogP contribution is 2.29. The third-order valence-electron chi connectivity index (χ3n) is 3.14. The zero-order chi connectivity index (χ0) is 14.8. The first-order valence-corrected chi connectivity index (χ1v) is 7.02. The third kappa shape index (κ3) is 2.65. The molecular formula is C17H13ClO3. The van der Waals surface area contributed by atoms with Crippen LogP contribution in [0.3, 0.4) is 0 Å². The van der Waals surface area contributed by atoms with Gasteiger partial charge in [-0.05, 0) is 43.3 Å². The Hall–Kier alpha value is -2.26. The summed E-state index contributed by atoms with van der Waals surface area (Å²) in [6.45, 7) is 2.45. The Bertz CT molecular complexity index is 787. The van der Waals surface area contributed by atoms with Crippen LogP contribution in [-0.2, 0) is 0 Å². The summed E-state index contributed by atoms with van der Waals surface area (Å²) >= 11 is 5.83. The van der Waals surface area contributed by atoms with Crippen LogP contribution in [0.4, 0.5) is 0 Å². The minimum Gasteiger partial charge on any atom is -0.490 e. The largest absolute Gasteiger partial charge is 0.490 e. The van der Waals surface area contributed by atoms with Crippen LogP contribution in [0.15, 0.2) is 52.9 Å². The molecule has 2 aromatic carbocycles. The number of furan rings is 1. The standard InChI is InChI=1S/C17H13ClO3/c1-2-20-14-5-3-4-12-10-15(21-17(12)14)16(19)11-6-8-13(18)9-7-11/h3-10H,2H2,1H3. The highest BCUT2D eigenvalue weighted by atomic mass is 35.5. The van der Waals surface area contributed by atoms with Gasteiger partial charge in [0.15, 0.2) is 17.1 Å². The topological polar surface area (TPSA) is 39.4 Å². The van der Waals surface area contributed by atoms with E-state index < -0.39 is 0 Å². The van der Waals surface area contributed by atoms with Crippen molar-refractivity contribution >= 4 is 28.4 Å². The lowest BCUT2D eigenvalue weighted by molar-refractivity contribution is 0.101. The fourth-order valence-corrected chi connectivity index (χ4v) is 2.29. The van der Waals surface area contributed by atoms with E-state index in [0.29, 0.717) is 34.3 Å². The normalized spacial score (nSPS) is 10.8. The van der Waals surface area contributed by atoms with E-state index in [1.54, 1.807) is 30.3 Å². The molecule has 1 heterocycles. The summed E-state index contributed by atoms with van der Waals surface area (Å²) < 4.78 is 11.2. The Morgan fingerprint density at radius 3 is 2.67 bits per heavy atom. The summed E-state index contributed by atoms with van der Waals surface area (Å²) in [6.07, 6.45) is 0. The van der Waals surface area contributed by atoms with Crippen molar-refractivity contribution in [3.8, 4) is 5.75 Å². The van der Waals surface area contributed by atoms with Crippen LogP contribution < -0.4 is 4.74 Å². The summed E-state index contributed by atoms with van der Waals surface area (Å²) in [5.74, 6) is 0.759. The number of rotatable bonds is 4. The zero-order valence-electron chi connectivity index (χ0n) is 11.4. The van der Waals surface area contributed by atoms with Crippen LogP contribution in [0.5, 0.6) is 5.75 Å². The number of carbonyl (C=O) groups excluding carboxylic acids is 1. The number of para-hydroxylation sites is 1. The molecule has 0 saturated carbocycles. The van der Waals surface area contributed by atoms with Crippen molar-refractivity contribution in [3.05, 3.63) is 64.9 Å². The molecule has 0 radical (unpaired) electrons. The molecule has 0 aliphatic rings. The van der Waals surface area contributed by atoms with Gasteiger partial charge in [0.25, 0.3) is 0 Å². The summed E-state index contributed by atoms with van der Waals surface area (Å²) in [4.78, 5) is 12.4.